The van der Waals surface area contributed by atoms with Crippen LogP contribution in [0.4, 0.5) is 0 Å². The molecule has 0 N–H and O–H groups in total. The molecule has 4 aliphatic heterocycles. The Labute approximate surface area is 98.3 Å². The lowest BCUT2D eigenvalue weighted by molar-refractivity contribution is 0.224. The lowest BCUT2D eigenvalue weighted by Crippen LogP contribution is -2.24. The summed E-state index contributed by atoms with van der Waals surface area (Å²) < 4.78 is 0. The fraction of sp³-hybridized carbons (Fsp3) is 0.929. The van der Waals surface area contributed by atoms with E-state index in [2.05, 4.69) is 16.0 Å². The first kappa shape index (κ1) is 10.5. The minimum absolute atomic E-state index is 0.540. The fourth-order valence-corrected chi connectivity index (χ4v) is 3.69. The van der Waals surface area contributed by atoms with E-state index in [1.54, 1.807) is 0 Å². The van der Waals surface area contributed by atoms with E-state index < -0.39 is 0 Å². The van der Waals surface area contributed by atoms with Gasteiger partial charge in [0.1, 0.15) is 0 Å². The molecule has 0 spiro atoms. The number of hydrogen-bond donors (Lipinski definition) is 0. The normalized spacial score (nSPS) is 43.0. The summed E-state index contributed by atoms with van der Waals surface area (Å²) in [7, 11) is 0. The summed E-state index contributed by atoms with van der Waals surface area (Å²) in [6.45, 7) is 0. The van der Waals surface area contributed by atoms with Crippen LogP contribution in [0, 0.1) is 11.8 Å². The van der Waals surface area contributed by atoms with Gasteiger partial charge in [-0.05, 0) is 69.6 Å². The molecule has 2 nitrogen and oxygen atoms in total. The van der Waals surface area contributed by atoms with Gasteiger partial charge < -0.3 is 0 Å². The quantitative estimate of drug-likeness (QED) is 0.592. The summed E-state index contributed by atoms with van der Waals surface area (Å²) in [5.74, 6) is 2.01. The van der Waals surface area contributed by atoms with Crippen LogP contribution in [0.5, 0.6) is 0 Å². The van der Waals surface area contributed by atoms with Gasteiger partial charge in [0.2, 0.25) is 0 Å². The van der Waals surface area contributed by atoms with Gasteiger partial charge in [-0.3, -0.25) is 0 Å². The van der Waals surface area contributed by atoms with Crippen molar-refractivity contribution < 1.29 is 0 Å². The Morgan fingerprint density at radius 2 is 1.06 bits per heavy atom. The summed E-state index contributed by atoms with van der Waals surface area (Å²) >= 11 is 0. The van der Waals surface area contributed by atoms with E-state index >= 15 is 0 Å². The molecule has 16 heavy (non-hydrogen) atoms. The summed E-state index contributed by atoms with van der Waals surface area (Å²) in [6, 6.07) is 4.08. The molecule has 6 aliphatic rings. The number of hydrogen-bond acceptors (Lipinski definition) is 2. The molecule has 4 bridgehead atoms. The van der Waals surface area contributed by atoms with Gasteiger partial charge in [-0.15, -0.1) is 0 Å². The second-order valence-corrected chi connectivity index (χ2v) is 5.94. The third kappa shape index (κ3) is 2.38. The first-order valence-electron chi connectivity index (χ1n) is 7.05. The Morgan fingerprint density at radius 3 is 1.50 bits per heavy atom. The highest BCUT2D eigenvalue weighted by Gasteiger charge is 2.27. The molecule has 88 valence electrons. The van der Waals surface area contributed by atoms with Crippen LogP contribution < -0.4 is 0 Å². The van der Waals surface area contributed by atoms with Crippen LogP contribution in [0.2, 0.25) is 0 Å². The Balaban J connectivity index is 1.79. The maximum atomic E-state index is 4.51. The predicted octanol–water partition coefficient (Wildman–Crippen LogP) is 3.68. The molecule has 0 unspecified atom stereocenters. The molecule has 2 aliphatic carbocycles. The van der Waals surface area contributed by atoms with Crippen molar-refractivity contribution in [2.75, 3.05) is 0 Å². The maximum Gasteiger partial charge on any atom is 0.0898 e. The molecule has 2 heteroatoms. The average Bonchev–Trinajstić information content (AvgIpc) is 2.30. The average molecular weight is 218 g/mol. The number of aliphatic imine (C=N–C) groups is 2. The highest BCUT2D eigenvalue weighted by Crippen LogP contribution is 2.36. The topological polar surface area (TPSA) is 24.7 Å². The molecule has 0 atom stereocenters. The summed E-state index contributed by atoms with van der Waals surface area (Å²) in [5, 5.41) is 0. The van der Waals surface area contributed by atoms with Gasteiger partial charge in [0.25, 0.3) is 0 Å². The van der Waals surface area contributed by atoms with Crippen molar-refractivity contribution in [3.05, 3.63) is 0 Å². The van der Waals surface area contributed by atoms with Gasteiger partial charge in [-0.1, -0.05) is 0 Å². The summed E-state index contributed by atoms with van der Waals surface area (Å²) in [6.07, 6.45) is 12.2. The molecule has 0 radical (unpaired) electrons. The largest absolute Gasteiger partial charge is 0.222 e. The smallest absolute Gasteiger partial charge is 0.0898 e. The highest BCUT2D eigenvalue weighted by atomic mass is 14.9. The first-order chi connectivity index (χ1) is 7.90. The van der Waals surface area contributed by atoms with Crippen LogP contribution in [-0.4, -0.2) is 18.1 Å². The lowest BCUT2D eigenvalue weighted by Gasteiger charge is -2.32. The standard InChI is InChI=1S/C14H22N2/c1-5-13-6-2-11(1)9-12-3-7-14(8-4-12)16-10-15-13/h11-14H,1-9H2. The molecule has 4 heterocycles. The van der Waals surface area contributed by atoms with Crippen molar-refractivity contribution in [2.24, 2.45) is 21.8 Å². The Bertz CT molecular complexity index is 262. The maximum absolute atomic E-state index is 4.51. The van der Waals surface area contributed by atoms with E-state index in [-0.39, 0.29) is 0 Å². The van der Waals surface area contributed by atoms with Gasteiger partial charge in [-0.2, -0.15) is 0 Å². The molecular formula is C14H22N2. The summed E-state index contributed by atoms with van der Waals surface area (Å²) in [5.41, 5.74) is 0. The zero-order valence-electron chi connectivity index (χ0n) is 10.1. The van der Waals surface area contributed by atoms with Gasteiger partial charge in [0.15, 0.2) is 0 Å². The molecule has 0 aromatic carbocycles. The van der Waals surface area contributed by atoms with Crippen LogP contribution in [0.15, 0.2) is 9.98 Å². The Kier molecular flexibility index (Phi) is 3.10. The van der Waals surface area contributed by atoms with Gasteiger partial charge in [0, 0.05) is 0 Å². The molecule has 0 aromatic rings. The molecule has 0 aromatic heterocycles. The highest BCUT2D eigenvalue weighted by molar-refractivity contribution is 5.42. The molecule has 6 rings (SSSR count). The third-order valence-electron chi connectivity index (χ3n) is 4.78. The molecular weight excluding hydrogens is 196 g/mol. The van der Waals surface area contributed by atoms with Crippen molar-refractivity contribution in [3.63, 3.8) is 0 Å². The van der Waals surface area contributed by atoms with Crippen molar-refractivity contribution in [3.8, 4) is 0 Å². The van der Waals surface area contributed by atoms with E-state index in [0.717, 1.165) is 11.8 Å². The van der Waals surface area contributed by atoms with Gasteiger partial charge in [0.05, 0.1) is 18.1 Å². The summed E-state index contributed by atoms with van der Waals surface area (Å²) in [4.78, 5) is 9.02. The Morgan fingerprint density at radius 1 is 0.625 bits per heavy atom. The predicted molar refractivity (Wildman–Crippen MR) is 66.0 cm³/mol. The second-order valence-electron chi connectivity index (χ2n) is 5.94. The third-order valence-corrected chi connectivity index (χ3v) is 4.78. The van der Waals surface area contributed by atoms with Crippen LogP contribution in [0.1, 0.15) is 57.8 Å². The first-order valence-corrected chi connectivity index (χ1v) is 7.05. The van der Waals surface area contributed by atoms with Crippen LogP contribution in [0.3, 0.4) is 0 Å². The van der Waals surface area contributed by atoms with Crippen LogP contribution >= 0.6 is 0 Å². The molecule has 0 saturated heterocycles. The van der Waals surface area contributed by atoms with E-state index in [0.29, 0.717) is 12.1 Å². The zero-order chi connectivity index (χ0) is 10.8. The minimum Gasteiger partial charge on any atom is -0.222 e. The van der Waals surface area contributed by atoms with E-state index in [4.69, 9.17) is 0 Å². The van der Waals surface area contributed by atoms with E-state index in [1.807, 2.05) is 0 Å². The molecule has 2 fully saturated rings. The zero-order valence-corrected chi connectivity index (χ0v) is 10.1. The number of rotatable bonds is 0. The van der Waals surface area contributed by atoms with Crippen molar-refractivity contribution >= 4 is 6.01 Å². The monoisotopic (exact) mass is 218 g/mol. The molecule has 0 amide bonds. The van der Waals surface area contributed by atoms with E-state index in [9.17, 15) is 0 Å². The fourth-order valence-electron chi connectivity index (χ4n) is 3.69. The van der Waals surface area contributed by atoms with Gasteiger partial charge >= 0.3 is 0 Å². The van der Waals surface area contributed by atoms with E-state index in [1.165, 1.54) is 57.8 Å². The SMILES string of the molecule is C1=NC2CCC(CC2)CC2CCC(CC2)N=1. The Hall–Kier alpha value is -0.620. The van der Waals surface area contributed by atoms with Crippen molar-refractivity contribution in [1.29, 1.82) is 0 Å². The van der Waals surface area contributed by atoms with Gasteiger partial charge in [-0.25, -0.2) is 9.98 Å². The number of nitrogens with zero attached hydrogens (tertiary/aromatic N) is 2. The van der Waals surface area contributed by atoms with Crippen LogP contribution in [-0.2, 0) is 0 Å². The second kappa shape index (κ2) is 4.71. The van der Waals surface area contributed by atoms with Crippen LogP contribution in [0.25, 0.3) is 0 Å². The minimum atomic E-state index is 0.540. The molecule has 2 saturated carbocycles. The lowest BCUT2D eigenvalue weighted by atomic mass is 9.76. The van der Waals surface area contributed by atoms with Crippen molar-refractivity contribution in [1.82, 2.24) is 0 Å². The van der Waals surface area contributed by atoms with Crippen molar-refractivity contribution in [2.45, 2.75) is 69.9 Å².